The average molecular weight is 357 g/mol. The van der Waals surface area contributed by atoms with Gasteiger partial charge in [0, 0.05) is 51.4 Å². The van der Waals surface area contributed by atoms with E-state index in [2.05, 4.69) is 34.3 Å². The van der Waals surface area contributed by atoms with Gasteiger partial charge < -0.3 is 19.5 Å². The van der Waals surface area contributed by atoms with Crippen LogP contribution in [0.5, 0.6) is 0 Å². The molecule has 1 saturated heterocycles. The summed E-state index contributed by atoms with van der Waals surface area (Å²) in [7, 11) is 1.62. The van der Waals surface area contributed by atoms with Crippen LogP contribution in [0, 0.1) is 5.92 Å². The third-order valence-corrected chi connectivity index (χ3v) is 4.99. The number of ether oxygens (including phenoxy) is 1. The third-order valence-electron chi connectivity index (χ3n) is 4.99. The van der Waals surface area contributed by atoms with Crippen molar-refractivity contribution in [1.82, 2.24) is 14.8 Å². The quantitative estimate of drug-likeness (QED) is 0.736. The molecule has 1 aromatic carbocycles. The molecule has 0 radical (unpaired) electrons. The Kier molecular flexibility index (Phi) is 6.28. The summed E-state index contributed by atoms with van der Waals surface area (Å²) < 4.78 is 7.25. The van der Waals surface area contributed by atoms with Gasteiger partial charge in [0.2, 0.25) is 11.8 Å². The number of carbonyl (C=O) groups excluding carboxylic acids is 2. The second-order valence-electron chi connectivity index (χ2n) is 6.78. The molecule has 6 heteroatoms. The molecule has 1 fully saturated rings. The van der Waals surface area contributed by atoms with Crippen LogP contribution in [0.2, 0.25) is 0 Å². The number of carbonyl (C=O) groups is 2. The van der Waals surface area contributed by atoms with Crippen LogP contribution in [0.15, 0.2) is 36.5 Å². The summed E-state index contributed by atoms with van der Waals surface area (Å²) in [5, 5.41) is 4.27. The van der Waals surface area contributed by atoms with Crippen molar-refractivity contribution >= 4 is 22.7 Å². The lowest BCUT2D eigenvalue weighted by Crippen LogP contribution is -2.46. The summed E-state index contributed by atoms with van der Waals surface area (Å²) >= 11 is 0. The fourth-order valence-corrected chi connectivity index (χ4v) is 3.49. The lowest BCUT2D eigenvalue weighted by molar-refractivity contribution is -0.138. The Morgan fingerprint density at radius 2 is 2.12 bits per heavy atom. The topological polar surface area (TPSA) is 63.6 Å². The number of benzene rings is 1. The van der Waals surface area contributed by atoms with Crippen LogP contribution < -0.4 is 5.32 Å². The van der Waals surface area contributed by atoms with Gasteiger partial charge in [0.15, 0.2) is 0 Å². The van der Waals surface area contributed by atoms with E-state index in [4.69, 9.17) is 4.74 Å². The molecule has 0 spiro atoms. The molecular formula is C20H27N3O3. The van der Waals surface area contributed by atoms with Crippen LogP contribution in [-0.2, 0) is 20.9 Å². The SMILES string of the molecule is COCCN1C[C@@H](C(=O)NCCCn2ccc3ccccc32)CCC1=O. The van der Waals surface area contributed by atoms with Crippen LogP contribution in [0.1, 0.15) is 19.3 Å². The monoisotopic (exact) mass is 357 g/mol. The van der Waals surface area contributed by atoms with Crippen molar-refractivity contribution < 1.29 is 14.3 Å². The Morgan fingerprint density at radius 1 is 1.27 bits per heavy atom. The van der Waals surface area contributed by atoms with Gasteiger partial charge in [-0.05, 0) is 30.4 Å². The number of nitrogens with zero attached hydrogens (tertiary/aromatic N) is 2. The van der Waals surface area contributed by atoms with Crippen molar-refractivity contribution in [2.75, 3.05) is 33.4 Å². The number of rotatable bonds is 8. The van der Waals surface area contributed by atoms with Gasteiger partial charge in [0.25, 0.3) is 0 Å². The highest BCUT2D eigenvalue weighted by Gasteiger charge is 2.29. The second-order valence-corrected chi connectivity index (χ2v) is 6.78. The fraction of sp³-hybridized carbons (Fsp3) is 0.500. The Labute approximate surface area is 154 Å². The molecule has 26 heavy (non-hydrogen) atoms. The zero-order valence-electron chi connectivity index (χ0n) is 15.3. The molecule has 0 bridgehead atoms. The number of methoxy groups -OCH3 is 1. The van der Waals surface area contributed by atoms with Crippen LogP contribution >= 0.6 is 0 Å². The minimum atomic E-state index is -0.114. The van der Waals surface area contributed by atoms with Crippen LogP contribution in [0.25, 0.3) is 10.9 Å². The maximum absolute atomic E-state index is 12.4. The van der Waals surface area contributed by atoms with Gasteiger partial charge in [-0.25, -0.2) is 0 Å². The van der Waals surface area contributed by atoms with Crippen molar-refractivity contribution in [1.29, 1.82) is 0 Å². The van der Waals surface area contributed by atoms with E-state index >= 15 is 0 Å². The molecule has 140 valence electrons. The van der Waals surface area contributed by atoms with E-state index in [1.54, 1.807) is 12.0 Å². The number of fused-ring (bicyclic) bond motifs is 1. The maximum atomic E-state index is 12.4. The molecule has 3 rings (SSSR count). The predicted molar refractivity (Wildman–Crippen MR) is 101 cm³/mol. The molecule has 1 aromatic heterocycles. The molecule has 0 aliphatic carbocycles. The summed E-state index contributed by atoms with van der Waals surface area (Å²) in [4.78, 5) is 26.1. The normalized spacial score (nSPS) is 17.7. The molecular weight excluding hydrogens is 330 g/mol. The molecule has 1 atom stereocenters. The Morgan fingerprint density at radius 3 is 2.96 bits per heavy atom. The van der Waals surface area contributed by atoms with Crippen LogP contribution in [-0.4, -0.2) is 54.6 Å². The summed E-state index contributed by atoms with van der Waals surface area (Å²) in [6.07, 6.45) is 4.05. The first-order valence-electron chi connectivity index (χ1n) is 9.27. The molecule has 0 saturated carbocycles. The second kappa shape index (κ2) is 8.85. The first kappa shape index (κ1) is 18.5. The number of piperidine rings is 1. The molecule has 1 aliphatic heterocycles. The fourth-order valence-electron chi connectivity index (χ4n) is 3.49. The Hall–Kier alpha value is -2.34. The summed E-state index contributed by atoms with van der Waals surface area (Å²) in [6.45, 7) is 3.08. The van der Waals surface area contributed by atoms with E-state index in [0.29, 0.717) is 39.1 Å². The molecule has 2 heterocycles. The molecule has 0 unspecified atom stereocenters. The number of aryl methyl sites for hydroxylation is 1. The number of amides is 2. The molecule has 2 amide bonds. The highest BCUT2D eigenvalue weighted by molar-refractivity contribution is 5.83. The number of hydrogen-bond donors (Lipinski definition) is 1. The zero-order chi connectivity index (χ0) is 18.4. The largest absolute Gasteiger partial charge is 0.383 e. The van der Waals surface area contributed by atoms with Gasteiger partial charge in [-0.3, -0.25) is 9.59 Å². The van der Waals surface area contributed by atoms with Gasteiger partial charge in [0.05, 0.1) is 12.5 Å². The van der Waals surface area contributed by atoms with Gasteiger partial charge in [-0.15, -0.1) is 0 Å². The highest BCUT2D eigenvalue weighted by atomic mass is 16.5. The predicted octanol–water partition coefficient (Wildman–Crippen LogP) is 2.03. The lowest BCUT2D eigenvalue weighted by atomic mass is 9.96. The number of para-hydroxylation sites is 1. The van der Waals surface area contributed by atoms with E-state index in [9.17, 15) is 9.59 Å². The van der Waals surface area contributed by atoms with Crippen LogP contribution in [0.4, 0.5) is 0 Å². The summed E-state index contributed by atoms with van der Waals surface area (Å²) in [6, 6.07) is 10.4. The van der Waals surface area contributed by atoms with Crippen molar-refractivity contribution in [2.24, 2.45) is 5.92 Å². The van der Waals surface area contributed by atoms with E-state index in [1.807, 2.05) is 12.1 Å². The average Bonchev–Trinajstić information content (AvgIpc) is 3.07. The number of likely N-dealkylation sites (tertiary alicyclic amines) is 1. The number of hydrogen-bond acceptors (Lipinski definition) is 3. The Balaban J connectivity index is 1.43. The van der Waals surface area contributed by atoms with E-state index in [0.717, 1.165) is 13.0 Å². The number of nitrogens with one attached hydrogen (secondary N) is 1. The molecule has 2 aromatic rings. The lowest BCUT2D eigenvalue weighted by Gasteiger charge is -2.31. The van der Waals surface area contributed by atoms with Crippen molar-refractivity contribution in [2.45, 2.75) is 25.8 Å². The molecule has 6 nitrogen and oxygen atoms in total. The standard InChI is InChI=1S/C20H27N3O3/c1-26-14-13-23-15-17(7-8-19(23)24)20(25)21-10-4-11-22-12-9-16-5-2-3-6-18(16)22/h2-3,5-6,9,12,17H,4,7-8,10-11,13-15H2,1H3,(H,21,25)/t17-/m0/s1. The summed E-state index contributed by atoms with van der Waals surface area (Å²) in [5.74, 6) is 0.0554. The third kappa shape index (κ3) is 4.43. The first-order chi connectivity index (χ1) is 12.7. The minimum absolute atomic E-state index is 0.0530. The zero-order valence-corrected chi connectivity index (χ0v) is 15.3. The smallest absolute Gasteiger partial charge is 0.224 e. The van der Waals surface area contributed by atoms with Gasteiger partial charge in [-0.1, -0.05) is 18.2 Å². The van der Waals surface area contributed by atoms with Crippen LogP contribution in [0.3, 0.4) is 0 Å². The number of aromatic nitrogens is 1. The molecule has 1 aliphatic rings. The van der Waals surface area contributed by atoms with E-state index < -0.39 is 0 Å². The van der Waals surface area contributed by atoms with Gasteiger partial charge >= 0.3 is 0 Å². The van der Waals surface area contributed by atoms with Gasteiger partial charge in [-0.2, -0.15) is 0 Å². The summed E-state index contributed by atoms with van der Waals surface area (Å²) in [5.41, 5.74) is 1.22. The van der Waals surface area contributed by atoms with Crippen molar-refractivity contribution in [3.8, 4) is 0 Å². The van der Waals surface area contributed by atoms with Crippen molar-refractivity contribution in [3.63, 3.8) is 0 Å². The van der Waals surface area contributed by atoms with E-state index in [1.165, 1.54) is 10.9 Å². The van der Waals surface area contributed by atoms with Crippen molar-refractivity contribution in [3.05, 3.63) is 36.5 Å². The maximum Gasteiger partial charge on any atom is 0.224 e. The van der Waals surface area contributed by atoms with E-state index in [-0.39, 0.29) is 17.7 Å². The van der Waals surface area contributed by atoms with Gasteiger partial charge in [0.1, 0.15) is 0 Å². The minimum Gasteiger partial charge on any atom is -0.383 e. The molecule has 1 N–H and O–H groups in total. The Bertz CT molecular complexity index is 756. The first-order valence-corrected chi connectivity index (χ1v) is 9.27. The highest BCUT2D eigenvalue weighted by Crippen LogP contribution is 2.18.